The van der Waals surface area contributed by atoms with Crippen LogP contribution in [-0.2, 0) is 0 Å². The Morgan fingerprint density at radius 1 is 1.56 bits per heavy atom. The number of carbonyl (C=O) groups is 1. The Bertz CT molecular complexity index is 448. The number of hydrogen-bond acceptors (Lipinski definition) is 4. The van der Waals surface area contributed by atoms with Crippen molar-refractivity contribution >= 4 is 5.91 Å². The van der Waals surface area contributed by atoms with E-state index in [9.17, 15) is 9.90 Å². The van der Waals surface area contributed by atoms with Gasteiger partial charge in [-0.3, -0.25) is 4.79 Å². The van der Waals surface area contributed by atoms with E-state index in [4.69, 9.17) is 4.74 Å². The number of carbonyl (C=O) groups excluding carboxylic acids is 1. The zero-order chi connectivity index (χ0) is 13.1. The highest BCUT2D eigenvalue weighted by atomic mass is 16.5. The van der Waals surface area contributed by atoms with Gasteiger partial charge in [-0.1, -0.05) is 0 Å². The fraction of sp³-hybridized carbons (Fsp3) is 0.462. The van der Waals surface area contributed by atoms with Gasteiger partial charge in [0.1, 0.15) is 11.5 Å². The number of methoxy groups -OCH3 is 1. The Balaban J connectivity index is 2.27. The Morgan fingerprint density at radius 3 is 3.00 bits per heavy atom. The maximum atomic E-state index is 12.4. The average Bonchev–Trinajstić information content (AvgIpc) is 2.39. The molecule has 0 radical (unpaired) electrons. The van der Waals surface area contributed by atoms with Gasteiger partial charge < -0.3 is 20.1 Å². The summed E-state index contributed by atoms with van der Waals surface area (Å²) in [6, 6.07) is 4.82. The lowest BCUT2D eigenvalue weighted by molar-refractivity contribution is 0.0652. The summed E-state index contributed by atoms with van der Waals surface area (Å²) in [5.41, 5.74) is 0.295. The number of rotatable bonds is 2. The first-order chi connectivity index (χ1) is 8.63. The van der Waals surface area contributed by atoms with Gasteiger partial charge in [-0.2, -0.15) is 0 Å². The second-order valence-corrected chi connectivity index (χ2v) is 4.43. The van der Waals surface area contributed by atoms with Gasteiger partial charge in [0.2, 0.25) is 0 Å². The Labute approximate surface area is 106 Å². The topological polar surface area (TPSA) is 61.8 Å². The third-order valence-corrected chi connectivity index (χ3v) is 3.20. The number of nitrogens with one attached hydrogen (secondary N) is 1. The lowest BCUT2D eigenvalue weighted by Crippen LogP contribution is -2.52. The number of piperazine rings is 1. The minimum Gasteiger partial charge on any atom is -0.507 e. The summed E-state index contributed by atoms with van der Waals surface area (Å²) in [4.78, 5) is 14.2. The van der Waals surface area contributed by atoms with Gasteiger partial charge in [-0.15, -0.1) is 0 Å². The minimum absolute atomic E-state index is 0.00784. The molecule has 1 aliphatic rings. The van der Waals surface area contributed by atoms with E-state index in [0.717, 1.165) is 13.1 Å². The molecular weight excluding hydrogens is 232 g/mol. The molecule has 18 heavy (non-hydrogen) atoms. The lowest BCUT2D eigenvalue weighted by Gasteiger charge is -2.34. The molecule has 0 aliphatic carbocycles. The average molecular weight is 250 g/mol. The van der Waals surface area contributed by atoms with Crippen molar-refractivity contribution in [3.63, 3.8) is 0 Å². The van der Waals surface area contributed by atoms with Crippen LogP contribution in [-0.4, -0.2) is 48.7 Å². The van der Waals surface area contributed by atoms with E-state index in [-0.39, 0.29) is 17.7 Å². The van der Waals surface area contributed by atoms with E-state index in [1.807, 2.05) is 6.92 Å². The Kier molecular flexibility index (Phi) is 3.72. The molecule has 0 aromatic heterocycles. The predicted molar refractivity (Wildman–Crippen MR) is 68.0 cm³/mol. The first-order valence-electron chi connectivity index (χ1n) is 6.02. The molecule has 0 bridgehead atoms. The number of hydrogen-bond donors (Lipinski definition) is 2. The summed E-state index contributed by atoms with van der Waals surface area (Å²) >= 11 is 0. The van der Waals surface area contributed by atoms with Gasteiger partial charge in [0.25, 0.3) is 5.91 Å². The van der Waals surface area contributed by atoms with Crippen LogP contribution < -0.4 is 10.1 Å². The highest BCUT2D eigenvalue weighted by Gasteiger charge is 2.26. The van der Waals surface area contributed by atoms with Crippen molar-refractivity contribution in [2.45, 2.75) is 13.0 Å². The van der Waals surface area contributed by atoms with Gasteiger partial charge in [0, 0.05) is 25.7 Å². The first-order valence-corrected chi connectivity index (χ1v) is 6.02. The Morgan fingerprint density at radius 2 is 2.33 bits per heavy atom. The van der Waals surface area contributed by atoms with Crippen LogP contribution in [0, 0.1) is 0 Å². The van der Waals surface area contributed by atoms with Gasteiger partial charge >= 0.3 is 0 Å². The zero-order valence-corrected chi connectivity index (χ0v) is 10.6. The summed E-state index contributed by atoms with van der Waals surface area (Å²) in [7, 11) is 1.54. The van der Waals surface area contributed by atoms with Crippen LogP contribution in [0.1, 0.15) is 17.3 Å². The standard InChI is InChI=1S/C13H18N2O3/c1-9-8-14-5-6-15(9)13(17)11-7-10(18-2)3-4-12(11)16/h3-4,7,9,14,16H,5-6,8H2,1-2H3/t9-/m0/s1. The number of phenolic OH excluding ortho intramolecular Hbond substituents is 1. The van der Waals surface area contributed by atoms with E-state index >= 15 is 0 Å². The maximum absolute atomic E-state index is 12.4. The molecule has 1 heterocycles. The molecule has 1 aromatic carbocycles. The second-order valence-electron chi connectivity index (χ2n) is 4.43. The molecule has 1 aliphatic heterocycles. The largest absolute Gasteiger partial charge is 0.507 e. The monoisotopic (exact) mass is 250 g/mol. The maximum Gasteiger partial charge on any atom is 0.258 e. The fourth-order valence-corrected chi connectivity index (χ4v) is 2.11. The van der Waals surface area contributed by atoms with Crippen molar-refractivity contribution in [3.8, 4) is 11.5 Å². The third kappa shape index (κ3) is 2.41. The van der Waals surface area contributed by atoms with Crippen molar-refractivity contribution in [3.05, 3.63) is 23.8 Å². The minimum atomic E-state index is -0.152. The van der Waals surface area contributed by atoms with E-state index in [0.29, 0.717) is 17.9 Å². The summed E-state index contributed by atoms with van der Waals surface area (Å²) in [6.45, 7) is 4.19. The number of nitrogens with zero attached hydrogens (tertiary/aromatic N) is 1. The van der Waals surface area contributed by atoms with E-state index in [2.05, 4.69) is 5.32 Å². The van der Waals surface area contributed by atoms with Crippen LogP contribution in [0.2, 0.25) is 0 Å². The number of benzene rings is 1. The number of aromatic hydroxyl groups is 1. The van der Waals surface area contributed by atoms with Gasteiger partial charge in [0.15, 0.2) is 0 Å². The van der Waals surface area contributed by atoms with Gasteiger partial charge in [-0.05, 0) is 25.1 Å². The number of ether oxygens (including phenoxy) is 1. The molecule has 0 spiro atoms. The molecule has 1 amide bonds. The molecule has 5 heteroatoms. The Hall–Kier alpha value is -1.75. The molecule has 1 saturated heterocycles. The van der Waals surface area contributed by atoms with Crippen LogP contribution in [0.5, 0.6) is 11.5 Å². The highest BCUT2D eigenvalue weighted by Crippen LogP contribution is 2.25. The normalized spacial score (nSPS) is 19.7. The van der Waals surface area contributed by atoms with Crippen molar-refractivity contribution in [1.82, 2.24) is 10.2 Å². The van der Waals surface area contributed by atoms with Crippen LogP contribution >= 0.6 is 0 Å². The van der Waals surface area contributed by atoms with Crippen molar-refractivity contribution in [2.24, 2.45) is 0 Å². The van der Waals surface area contributed by atoms with Gasteiger partial charge in [-0.25, -0.2) is 0 Å². The fourth-order valence-electron chi connectivity index (χ4n) is 2.11. The molecule has 2 rings (SSSR count). The summed E-state index contributed by atoms with van der Waals surface area (Å²) in [5, 5.41) is 13.0. The lowest BCUT2D eigenvalue weighted by atomic mass is 10.1. The summed E-state index contributed by atoms with van der Waals surface area (Å²) < 4.78 is 5.08. The van der Waals surface area contributed by atoms with Crippen LogP contribution in [0.25, 0.3) is 0 Å². The van der Waals surface area contributed by atoms with Gasteiger partial charge in [0.05, 0.1) is 12.7 Å². The molecule has 1 fully saturated rings. The molecule has 2 N–H and O–H groups in total. The summed E-state index contributed by atoms with van der Waals surface area (Å²) in [6.07, 6.45) is 0. The van der Waals surface area contributed by atoms with Crippen LogP contribution in [0.4, 0.5) is 0 Å². The first kappa shape index (κ1) is 12.7. The third-order valence-electron chi connectivity index (χ3n) is 3.20. The molecular formula is C13H18N2O3. The SMILES string of the molecule is COc1ccc(O)c(C(=O)N2CCNC[C@@H]2C)c1. The van der Waals surface area contributed by atoms with Crippen LogP contribution in [0.3, 0.4) is 0 Å². The van der Waals surface area contributed by atoms with Crippen molar-refractivity contribution in [1.29, 1.82) is 0 Å². The highest BCUT2D eigenvalue weighted by molar-refractivity contribution is 5.97. The number of phenols is 1. The van der Waals surface area contributed by atoms with E-state index < -0.39 is 0 Å². The second kappa shape index (κ2) is 5.27. The molecule has 1 aromatic rings. The predicted octanol–water partition coefficient (Wildman–Crippen LogP) is 0.835. The molecule has 98 valence electrons. The molecule has 1 atom stereocenters. The zero-order valence-electron chi connectivity index (χ0n) is 10.6. The van der Waals surface area contributed by atoms with E-state index in [1.54, 1.807) is 17.0 Å². The van der Waals surface area contributed by atoms with E-state index in [1.165, 1.54) is 13.2 Å². The molecule has 0 saturated carbocycles. The number of amides is 1. The quantitative estimate of drug-likeness (QED) is 0.816. The molecule has 0 unspecified atom stereocenters. The summed E-state index contributed by atoms with van der Waals surface area (Å²) in [5.74, 6) is 0.408. The smallest absolute Gasteiger partial charge is 0.258 e. The van der Waals surface area contributed by atoms with Crippen molar-refractivity contribution in [2.75, 3.05) is 26.7 Å². The molecule has 5 nitrogen and oxygen atoms in total. The van der Waals surface area contributed by atoms with Crippen molar-refractivity contribution < 1.29 is 14.6 Å². The van der Waals surface area contributed by atoms with Crippen LogP contribution in [0.15, 0.2) is 18.2 Å².